The van der Waals surface area contributed by atoms with Gasteiger partial charge in [0.05, 0.1) is 6.33 Å². The fourth-order valence-electron chi connectivity index (χ4n) is 3.46. The maximum absolute atomic E-state index is 12.5. The van der Waals surface area contributed by atoms with Gasteiger partial charge in [0.15, 0.2) is 5.03 Å². The molecule has 2 heterocycles. The topological polar surface area (TPSA) is 55.2 Å². The van der Waals surface area contributed by atoms with Crippen LogP contribution >= 0.6 is 0 Å². The molecule has 1 saturated carbocycles. The van der Waals surface area contributed by atoms with E-state index in [0.29, 0.717) is 13.1 Å². The van der Waals surface area contributed by atoms with Crippen molar-refractivity contribution in [3.05, 3.63) is 12.5 Å². The number of hydrogen-bond acceptors (Lipinski definition) is 3. The minimum absolute atomic E-state index is 0.183. The number of imidazole rings is 1. The molecule has 1 spiro atoms. The van der Waals surface area contributed by atoms with Crippen LogP contribution < -0.4 is 0 Å². The van der Waals surface area contributed by atoms with Crippen LogP contribution in [-0.4, -0.2) is 35.4 Å². The first-order valence-corrected chi connectivity index (χ1v) is 8.44. The van der Waals surface area contributed by atoms with Crippen LogP contribution in [0.4, 0.5) is 0 Å². The summed E-state index contributed by atoms with van der Waals surface area (Å²) in [6.07, 6.45) is 10.3. The monoisotopic (exact) mass is 283 g/mol. The van der Waals surface area contributed by atoms with Gasteiger partial charge in [0.2, 0.25) is 0 Å². The molecular formula is C13H21N3O2S. The van der Waals surface area contributed by atoms with Crippen LogP contribution in [0, 0.1) is 5.41 Å². The standard InChI is InChI=1S/C13H21N3O2S/c1-15-9-12(14-11-15)19(17,18)16-8-7-13(10-16)5-3-2-4-6-13/h9,11H,2-8,10H2,1H3. The van der Waals surface area contributed by atoms with Crippen molar-refractivity contribution in [3.63, 3.8) is 0 Å². The highest BCUT2D eigenvalue weighted by molar-refractivity contribution is 7.89. The minimum atomic E-state index is -3.39. The number of aromatic nitrogens is 2. The van der Waals surface area contributed by atoms with E-state index in [1.54, 1.807) is 28.4 Å². The second-order valence-corrected chi connectivity index (χ2v) is 7.91. The molecular weight excluding hydrogens is 262 g/mol. The smallest absolute Gasteiger partial charge is 0.262 e. The first-order valence-electron chi connectivity index (χ1n) is 7.00. The molecule has 19 heavy (non-hydrogen) atoms. The normalized spacial score (nSPS) is 24.1. The Morgan fingerprint density at radius 2 is 1.95 bits per heavy atom. The zero-order valence-electron chi connectivity index (χ0n) is 11.4. The number of nitrogens with zero attached hydrogens (tertiary/aromatic N) is 3. The van der Waals surface area contributed by atoms with Crippen molar-refractivity contribution in [1.82, 2.24) is 13.9 Å². The summed E-state index contributed by atoms with van der Waals surface area (Å²) < 4.78 is 28.4. The van der Waals surface area contributed by atoms with Crippen LogP contribution in [0.1, 0.15) is 38.5 Å². The van der Waals surface area contributed by atoms with Gasteiger partial charge in [0.25, 0.3) is 10.0 Å². The van der Waals surface area contributed by atoms with Gasteiger partial charge in [-0.2, -0.15) is 4.31 Å². The van der Waals surface area contributed by atoms with Crippen LogP contribution in [0.2, 0.25) is 0 Å². The Hall–Kier alpha value is -0.880. The SMILES string of the molecule is Cn1cnc(S(=O)(=O)N2CCC3(CCCCC3)C2)c1. The molecule has 1 aromatic rings. The molecule has 0 aromatic carbocycles. The Morgan fingerprint density at radius 1 is 1.21 bits per heavy atom. The fourth-order valence-corrected chi connectivity index (χ4v) is 4.98. The summed E-state index contributed by atoms with van der Waals surface area (Å²) in [7, 11) is -1.60. The summed E-state index contributed by atoms with van der Waals surface area (Å²) in [6, 6.07) is 0. The van der Waals surface area contributed by atoms with Gasteiger partial charge in [-0.15, -0.1) is 0 Å². The lowest BCUT2D eigenvalue weighted by Gasteiger charge is -2.33. The average Bonchev–Trinajstić information content (AvgIpc) is 2.98. The van der Waals surface area contributed by atoms with Crippen molar-refractivity contribution < 1.29 is 8.42 Å². The van der Waals surface area contributed by atoms with Gasteiger partial charge < -0.3 is 4.57 Å². The van der Waals surface area contributed by atoms with E-state index in [0.717, 1.165) is 6.42 Å². The molecule has 2 aliphatic rings. The van der Waals surface area contributed by atoms with Crippen LogP contribution in [0.25, 0.3) is 0 Å². The molecule has 5 nitrogen and oxygen atoms in total. The molecule has 1 aliphatic carbocycles. The molecule has 0 amide bonds. The van der Waals surface area contributed by atoms with Crippen molar-refractivity contribution in [2.75, 3.05) is 13.1 Å². The predicted octanol–water partition coefficient (Wildman–Crippen LogP) is 1.76. The Kier molecular flexibility index (Phi) is 3.17. The van der Waals surface area contributed by atoms with E-state index in [1.807, 2.05) is 0 Å². The quantitative estimate of drug-likeness (QED) is 0.831. The van der Waals surface area contributed by atoms with E-state index in [4.69, 9.17) is 0 Å². The van der Waals surface area contributed by atoms with Gasteiger partial charge in [-0.05, 0) is 24.7 Å². The predicted molar refractivity (Wildman–Crippen MR) is 72.1 cm³/mol. The third kappa shape index (κ3) is 2.31. The second kappa shape index (κ2) is 4.59. The maximum Gasteiger partial charge on any atom is 0.262 e. The lowest BCUT2D eigenvalue weighted by Crippen LogP contribution is -2.33. The van der Waals surface area contributed by atoms with Gasteiger partial charge in [-0.25, -0.2) is 13.4 Å². The van der Waals surface area contributed by atoms with Gasteiger partial charge in [0, 0.05) is 26.3 Å². The molecule has 0 radical (unpaired) electrons. The summed E-state index contributed by atoms with van der Waals surface area (Å²) in [5.41, 5.74) is 0.250. The lowest BCUT2D eigenvalue weighted by molar-refractivity contribution is 0.205. The third-order valence-electron chi connectivity index (χ3n) is 4.60. The molecule has 1 saturated heterocycles. The fraction of sp³-hybridized carbons (Fsp3) is 0.769. The highest BCUT2D eigenvalue weighted by atomic mass is 32.2. The summed E-state index contributed by atoms with van der Waals surface area (Å²) >= 11 is 0. The molecule has 1 aromatic heterocycles. The zero-order chi connectivity index (χ0) is 13.5. The molecule has 6 heteroatoms. The van der Waals surface area contributed by atoms with Crippen LogP contribution in [0.5, 0.6) is 0 Å². The molecule has 3 rings (SSSR count). The van der Waals surface area contributed by atoms with E-state index in [1.165, 1.54) is 32.1 Å². The van der Waals surface area contributed by atoms with Crippen molar-refractivity contribution in [2.45, 2.75) is 43.6 Å². The van der Waals surface area contributed by atoms with Crippen molar-refractivity contribution in [2.24, 2.45) is 12.5 Å². The number of hydrogen-bond donors (Lipinski definition) is 0. The van der Waals surface area contributed by atoms with Crippen molar-refractivity contribution in [1.29, 1.82) is 0 Å². The molecule has 0 N–H and O–H groups in total. The van der Waals surface area contributed by atoms with E-state index in [-0.39, 0.29) is 10.4 Å². The van der Waals surface area contributed by atoms with Crippen LogP contribution in [-0.2, 0) is 17.1 Å². The Bertz CT molecular complexity index is 558. The summed E-state index contributed by atoms with van der Waals surface area (Å²) in [5, 5.41) is 0.183. The molecule has 0 bridgehead atoms. The first kappa shape index (κ1) is 13.1. The van der Waals surface area contributed by atoms with E-state index < -0.39 is 10.0 Å². The Morgan fingerprint density at radius 3 is 2.58 bits per heavy atom. The summed E-state index contributed by atoms with van der Waals surface area (Å²) in [4.78, 5) is 4.00. The largest absolute Gasteiger partial charge is 0.339 e. The van der Waals surface area contributed by atoms with Crippen LogP contribution in [0.15, 0.2) is 17.6 Å². The number of rotatable bonds is 2. The van der Waals surface area contributed by atoms with E-state index in [2.05, 4.69) is 4.98 Å². The minimum Gasteiger partial charge on any atom is -0.339 e. The lowest BCUT2D eigenvalue weighted by atomic mass is 9.74. The van der Waals surface area contributed by atoms with Crippen molar-refractivity contribution >= 4 is 10.0 Å². The Labute approximate surface area is 114 Å². The third-order valence-corrected chi connectivity index (χ3v) is 6.33. The first-order chi connectivity index (χ1) is 9.02. The molecule has 0 atom stereocenters. The zero-order valence-corrected chi connectivity index (χ0v) is 12.2. The molecule has 2 fully saturated rings. The average molecular weight is 283 g/mol. The highest BCUT2D eigenvalue weighted by Gasteiger charge is 2.43. The van der Waals surface area contributed by atoms with Gasteiger partial charge >= 0.3 is 0 Å². The number of aryl methyl sites for hydroxylation is 1. The maximum atomic E-state index is 12.5. The second-order valence-electron chi connectivity index (χ2n) is 6.03. The summed E-state index contributed by atoms with van der Waals surface area (Å²) in [5.74, 6) is 0. The highest BCUT2D eigenvalue weighted by Crippen LogP contribution is 2.44. The van der Waals surface area contributed by atoms with Gasteiger partial charge in [-0.3, -0.25) is 0 Å². The van der Waals surface area contributed by atoms with Gasteiger partial charge in [0.1, 0.15) is 0 Å². The Balaban J connectivity index is 1.80. The molecule has 106 valence electrons. The number of sulfonamides is 1. The van der Waals surface area contributed by atoms with E-state index in [9.17, 15) is 8.42 Å². The summed E-state index contributed by atoms with van der Waals surface area (Å²) in [6.45, 7) is 1.34. The van der Waals surface area contributed by atoms with Crippen molar-refractivity contribution in [3.8, 4) is 0 Å². The van der Waals surface area contributed by atoms with Gasteiger partial charge in [-0.1, -0.05) is 19.3 Å². The molecule has 1 aliphatic heterocycles. The molecule has 0 unspecified atom stereocenters. The van der Waals surface area contributed by atoms with Crippen LogP contribution in [0.3, 0.4) is 0 Å². The van der Waals surface area contributed by atoms with E-state index >= 15 is 0 Å².